The van der Waals surface area contributed by atoms with Crippen LogP contribution in [0.2, 0.25) is 0 Å². The number of aliphatic carboxylic acids is 1. The molecule has 0 aromatic carbocycles. The van der Waals surface area contributed by atoms with Gasteiger partial charge in [-0.2, -0.15) is 0 Å². The van der Waals surface area contributed by atoms with Crippen molar-refractivity contribution in [1.29, 1.82) is 0 Å². The molecule has 0 aromatic heterocycles. The number of aliphatic hydroxyl groups excluding tert-OH is 12. The van der Waals surface area contributed by atoms with Crippen molar-refractivity contribution in [2.45, 2.75) is 233 Å². The molecule has 22 atom stereocenters. The average molecular weight is 905 g/mol. The zero-order chi connectivity index (χ0) is 45.8. The molecule has 22 unspecified atom stereocenters. The van der Waals surface area contributed by atoms with Crippen LogP contribution >= 0.6 is 0 Å². The predicted molar refractivity (Wildman–Crippen MR) is 208 cm³/mol. The standard InChI is InChI=1S/C40H72O22/c1-4-5-6-7-8-9-10-13-21(14-11-12-20(42)15-24(43)44)58-39-35(32(52)28(48)23(60-39)17-55-37-33(53)29(49)25(45)18(2)56-37)62-40-36(31(51)27(47)22(16-41)59-40)61-38-34(54)30(50)26(46)19(3)57-38/h18-23,25-42,45-54H,4-17H2,1-3H3,(H,43,44). The maximum absolute atomic E-state index is 11.8. The maximum Gasteiger partial charge on any atom is 0.305 e. The Hall–Kier alpha value is -1.33. The Morgan fingerprint density at radius 2 is 1.05 bits per heavy atom. The minimum Gasteiger partial charge on any atom is -0.481 e. The molecule has 0 radical (unpaired) electrons. The third kappa shape index (κ3) is 14.3. The molecule has 364 valence electrons. The van der Waals surface area contributed by atoms with Crippen LogP contribution in [0.5, 0.6) is 0 Å². The van der Waals surface area contributed by atoms with Gasteiger partial charge in [0.15, 0.2) is 25.2 Å². The summed E-state index contributed by atoms with van der Waals surface area (Å²) in [6.07, 6.45) is -26.9. The number of unbranched alkanes of at least 4 members (excludes halogenated alkanes) is 6. The molecule has 62 heavy (non-hydrogen) atoms. The van der Waals surface area contributed by atoms with Gasteiger partial charge in [-0.15, -0.1) is 0 Å². The number of aliphatic hydroxyl groups is 12. The largest absolute Gasteiger partial charge is 0.481 e. The van der Waals surface area contributed by atoms with Crippen LogP contribution in [0.1, 0.15) is 97.8 Å². The fourth-order valence-corrected chi connectivity index (χ4v) is 8.07. The first-order valence-corrected chi connectivity index (χ1v) is 21.9. The van der Waals surface area contributed by atoms with Gasteiger partial charge >= 0.3 is 5.97 Å². The number of carbonyl (C=O) groups is 1. The van der Waals surface area contributed by atoms with Gasteiger partial charge in [-0.1, -0.05) is 51.9 Å². The van der Waals surface area contributed by atoms with Crippen molar-refractivity contribution in [3.8, 4) is 0 Å². The number of ether oxygens (including phenoxy) is 8. The van der Waals surface area contributed by atoms with Crippen molar-refractivity contribution in [3.63, 3.8) is 0 Å². The third-order valence-corrected chi connectivity index (χ3v) is 12.0. The first-order chi connectivity index (χ1) is 29.4. The van der Waals surface area contributed by atoms with Crippen molar-refractivity contribution in [2.75, 3.05) is 13.2 Å². The Bertz CT molecular complexity index is 1290. The van der Waals surface area contributed by atoms with Crippen LogP contribution in [0.4, 0.5) is 0 Å². The summed E-state index contributed by atoms with van der Waals surface area (Å²) in [5.74, 6) is -1.17. The molecule has 13 N–H and O–H groups in total. The van der Waals surface area contributed by atoms with Crippen LogP contribution in [0.25, 0.3) is 0 Å². The highest BCUT2D eigenvalue weighted by atomic mass is 16.8. The first kappa shape index (κ1) is 53.3. The Morgan fingerprint density at radius 1 is 0.548 bits per heavy atom. The molecule has 22 heteroatoms. The molecule has 0 saturated carbocycles. The minimum atomic E-state index is -1.92. The Labute approximate surface area is 360 Å². The van der Waals surface area contributed by atoms with E-state index in [9.17, 15) is 66.1 Å². The first-order valence-electron chi connectivity index (χ1n) is 21.9. The van der Waals surface area contributed by atoms with Crippen LogP contribution in [0.15, 0.2) is 0 Å². The van der Waals surface area contributed by atoms with E-state index in [1.807, 2.05) is 0 Å². The Morgan fingerprint density at radius 3 is 1.65 bits per heavy atom. The molecule has 0 spiro atoms. The van der Waals surface area contributed by atoms with E-state index in [1.165, 1.54) is 13.8 Å². The molecular weight excluding hydrogens is 832 g/mol. The number of hydrogen-bond donors (Lipinski definition) is 13. The molecule has 22 nitrogen and oxygen atoms in total. The molecule has 4 saturated heterocycles. The zero-order valence-corrected chi connectivity index (χ0v) is 35.6. The highest BCUT2D eigenvalue weighted by Gasteiger charge is 2.54. The monoisotopic (exact) mass is 904 g/mol. The molecule has 4 heterocycles. The Kier molecular flexibility index (Phi) is 22.0. The second kappa shape index (κ2) is 25.5. The fraction of sp³-hybridized carbons (Fsp3) is 0.975. The van der Waals surface area contributed by atoms with Gasteiger partial charge < -0.3 is 104 Å². The highest BCUT2D eigenvalue weighted by molar-refractivity contribution is 5.67. The SMILES string of the molecule is CCCCCCCCCC(CCCC(O)CC(=O)O)OC1OC(COC2OC(C)C(O)C(O)C2O)C(O)C(O)C1OC1OC(CO)C(O)C(O)C1OC1OC(C)C(O)C(O)C1O. The average Bonchev–Trinajstić information content (AvgIpc) is 3.23. The minimum absolute atomic E-state index is 0.117. The molecule has 0 amide bonds. The molecule has 4 rings (SSSR count). The summed E-state index contributed by atoms with van der Waals surface area (Å²) < 4.78 is 47.3. The van der Waals surface area contributed by atoms with Crippen molar-refractivity contribution in [2.24, 2.45) is 0 Å². The highest BCUT2D eigenvalue weighted by Crippen LogP contribution is 2.35. The van der Waals surface area contributed by atoms with Gasteiger partial charge in [0.25, 0.3) is 0 Å². The lowest BCUT2D eigenvalue weighted by Crippen LogP contribution is -2.67. The lowest BCUT2D eigenvalue weighted by atomic mass is 9.96. The van der Waals surface area contributed by atoms with Crippen molar-refractivity contribution < 1.29 is 109 Å². The van der Waals surface area contributed by atoms with E-state index in [1.54, 1.807) is 0 Å². The second-order valence-corrected chi connectivity index (χ2v) is 17.0. The molecule has 4 aliphatic rings. The van der Waals surface area contributed by atoms with Crippen molar-refractivity contribution in [1.82, 2.24) is 0 Å². The molecule has 0 aromatic rings. The smallest absolute Gasteiger partial charge is 0.305 e. The van der Waals surface area contributed by atoms with Crippen molar-refractivity contribution in [3.05, 3.63) is 0 Å². The van der Waals surface area contributed by atoms with E-state index < -0.39 is 161 Å². The molecular formula is C40H72O22. The topological polar surface area (TPSA) is 354 Å². The third-order valence-electron chi connectivity index (χ3n) is 12.0. The lowest BCUT2D eigenvalue weighted by molar-refractivity contribution is -0.396. The number of carboxylic acid groups (broad SMARTS) is 1. The van der Waals surface area contributed by atoms with Gasteiger partial charge in [0.1, 0.15) is 85.5 Å². The van der Waals surface area contributed by atoms with Gasteiger partial charge in [-0.05, 0) is 39.5 Å². The summed E-state index contributed by atoms with van der Waals surface area (Å²) >= 11 is 0. The summed E-state index contributed by atoms with van der Waals surface area (Å²) in [4.78, 5) is 11.2. The van der Waals surface area contributed by atoms with Gasteiger partial charge in [-0.25, -0.2) is 0 Å². The van der Waals surface area contributed by atoms with E-state index in [4.69, 9.17) is 43.0 Å². The van der Waals surface area contributed by atoms with Crippen LogP contribution in [-0.4, -0.2) is 221 Å². The molecule has 0 bridgehead atoms. The lowest BCUT2D eigenvalue weighted by Gasteiger charge is -2.49. The van der Waals surface area contributed by atoms with Gasteiger partial charge in [0.2, 0.25) is 0 Å². The number of hydrogen-bond acceptors (Lipinski definition) is 21. The van der Waals surface area contributed by atoms with E-state index in [-0.39, 0.29) is 12.8 Å². The second-order valence-electron chi connectivity index (χ2n) is 17.0. The van der Waals surface area contributed by atoms with Crippen molar-refractivity contribution >= 4 is 5.97 Å². The fourth-order valence-electron chi connectivity index (χ4n) is 8.07. The van der Waals surface area contributed by atoms with E-state index in [0.29, 0.717) is 19.3 Å². The summed E-state index contributed by atoms with van der Waals surface area (Å²) in [6.45, 7) is 3.54. The van der Waals surface area contributed by atoms with Crippen LogP contribution < -0.4 is 0 Å². The van der Waals surface area contributed by atoms with Crippen LogP contribution in [0.3, 0.4) is 0 Å². The van der Waals surface area contributed by atoms with Gasteiger partial charge in [-0.3, -0.25) is 4.79 Å². The summed E-state index contributed by atoms with van der Waals surface area (Å²) in [7, 11) is 0. The number of carboxylic acids is 1. The quantitative estimate of drug-likeness (QED) is 0.0425. The summed E-state index contributed by atoms with van der Waals surface area (Å²) in [6, 6.07) is 0. The van der Waals surface area contributed by atoms with Gasteiger partial charge in [0, 0.05) is 0 Å². The van der Waals surface area contributed by atoms with E-state index in [0.717, 1.165) is 38.5 Å². The molecule has 4 aliphatic heterocycles. The zero-order valence-electron chi connectivity index (χ0n) is 35.6. The predicted octanol–water partition coefficient (Wildman–Crippen LogP) is -3.15. The summed E-state index contributed by atoms with van der Waals surface area (Å²) in [5, 5.41) is 137. The Balaban J connectivity index is 1.61. The van der Waals surface area contributed by atoms with Crippen LogP contribution in [0, 0.1) is 0 Å². The van der Waals surface area contributed by atoms with E-state index in [2.05, 4.69) is 6.92 Å². The summed E-state index contributed by atoms with van der Waals surface area (Å²) in [5.41, 5.74) is 0. The number of rotatable bonds is 24. The van der Waals surface area contributed by atoms with E-state index >= 15 is 0 Å². The normalized spacial score (nSPS) is 42.7. The molecule has 4 fully saturated rings. The van der Waals surface area contributed by atoms with Gasteiger partial charge in [0.05, 0.1) is 44.1 Å². The molecule has 0 aliphatic carbocycles. The maximum atomic E-state index is 11.8. The van der Waals surface area contributed by atoms with Crippen LogP contribution in [-0.2, 0) is 42.7 Å².